The molecule has 3 nitrogen and oxygen atoms in total. The second-order valence-corrected chi connectivity index (χ2v) is 5.17. The van der Waals surface area contributed by atoms with Gasteiger partial charge in [-0.05, 0) is 25.1 Å². The fraction of sp³-hybridized carbons (Fsp3) is 0.364. The molecule has 0 aliphatic rings. The fourth-order valence-corrected chi connectivity index (χ4v) is 1.61. The molecule has 1 aromatic rings. The van der Waals surface area contributed by atoms with E-state index in [-0.39, 0.29) is 22.7 Å². The van der Waals surface area contributed by atoms with E-state index in [9.17, 15) is 31.1 Å². The molecule has 0 atom stereocenters. The van der Waals surface area contributed by atoms with Gasteiger partial charge in [0.15, 0.2) is 0 Å². The van der Waals surface area contributed by atoms with Crippen LogP contribution in [0.15, 0.2) is 18.2 Å². The van der Waals surface area contributed by atoms with E-state index in [4.69, 9.17) is 23.2 Å². The lowest BCUT2D eigenvalue weighted by Crippen LogP contribution is -2.66. The second kappa shape index (κ2) is 6.04. The SMILES string of the molecule is CC(NC(=O)Nc1cc(Cl)ccc1Cl)(C(F)(F)F)C(F)(F)F. The molecule has 0 heterocycles. The van der Waals surface area contributed by atoms with E-state index in [0.717, 1.165) is 11.4 Å². The number of hydrogen-bond donors (Lipinski definition) is 2. The highest BCUT2D eigenvalue weighted by atomic mass is 35.5. The summed E-state index contributed by atoms with van der Waals surface area (Å²) in [6.45, 7) is -0.188. The highest BCUT2D eigenvalue weighted by Crippen LogP contribution is 2.42. The molecule has 22 heavy (non-hydrogen) atoms. The minimum absolute atomic E-state index is 0.0779. The molecule has 0 unspecified atom stereocenters. The maximum atomic E-state index is 12.6. The van der Waals surface area contributed by atoms with Crippen molar-refractivity contribution >= 4 is 34.9 Å². The monoisotopic (exact) mass is 368 g/mol. The molecule has 0 fully saturated rings. The van der Waals surface area contributed by atoms with E-state index in [1.54, 1.807) is 5.32 Å². The summed E-state index contributed by atoms with van der Waals surface area (Å²) in [4.78, 5) is 11.5. The molecular weight excluding hydrogens is 361 g/mol. The van der Waals surface area contributed by atoms with Crippen LogP contribution in [0.1, 0.15) is 6.92 Å². The Kier molecular flexibility index (Phi) is 5.13. The van der Waals surface area contributed by atoms with Crippen molar-refractivity contribution in [1.82, 2.24) is 5.32 Å². The Balaban J connectivity index is 3.01. The number of alkyl halides is 6. The number of anilines is 1. The lowest BCUT2D eigenvalue weighted by molar-refractivity contribution is -0.297. The van der Waals surface area contributed by atoms with Crippen LogP contribution in [0.4, 0.5) is 36.8 Å². The Bertz CT molecular complexity index is 559. The number of urea groups is 1. The third kappa shape index (κ3) is 3.89. The largest absolute Gasteiger partial charge is 0.420 e. The summed E-state index contributed by atoms with van der Waals surface area (Å²) in [7, 11) is 0. The summed E-state index contributed by atoms with van der Waals surface area (Å²) >= 11 is 11.2. The molecule has 1 rings (SSSR count). The first-order valence-corrected chi connectivity index (χ1v) is 6.21. The van der Waals surface area contributed by atoms with E-state index < -0.39 is 23.9 Å². The normalized spacial score (nSPS) is 13.0. The van der Waals surface area contributed by atoms with Crippen molar-refractivity contribution in [3.63, 3.8) is 0 Å². The van der Waals surface area contributed by atoms with Crippen molar-refractivity contribution in [3.8, 4) is 0 Å². The predicted molar refractivity (Wildman–Crippen MR) is 69.1 cm³/mol. The van der Waals surface area contributed by atoms with Crippen molar-refractivity contribution in [3.05, 3.63) is 28.2 Å². The second-order valence-electron chi connectivity index (χ2n) is 4.32. The number of carbonyl (C=O) groups excluding carboxylic acids is 1. The van der Waals surface area contributed by atoms with Crippen LogP contribution < -0.4 is 10.6 Å². The molecule has 0 saturated carbocycles. The lowest BCUT2D eigenvalue weighted by Gasteiger charge is -2.34. The van der Waals surface area contributed by atoms with Gasteiger partial charge in [0.2, 0.25) is 5.54 Å². The van der Waals surface area contributed by atoms with Gasteiger partial charge >= 0.3 is 18.4 Å². The van der Waals surface area contributed by atoms with Gasteiger partial charge in [0.25, 0.3) is 0 Å². The smallest absolute Gasteiger partial charge is 0.316 e. The summed E-state index contributed by atoms with van der Waals surface area (Å²) in [6, 6.07) is 1.87. The van der Waals surface area contributed by atoms with Crippen LogP contribution in [0.2, 0.25) is 10.0 Å². The zero-order valence-electron chi connectivity index (χ0n) is 10.7. The minimum Gasteiger partial charge on any atom is -0.316 e. The number of rotatable bonds is 2. The molecule has 0 radical (unpaired) electrons. The molecular formula is C11H8Cl2F6N2O. The van der Waals surface area contributed by atoms with Gasteiger partial charge in [0.1, 0.15) is 0 Å². The maximum Gasteiger partial charge on any atom is 0.420 e. The van der Waals surface area contributed by atoms with Gasteiger partial charge in [-0.2, -0.15) is 26.3 Å². The molecule has 11 heteroatoms. The topological polar surface area (TPSA) is 41.1 Å². The number of nitrogens with one attached hydrogen (secondary N) is 2. The molecule has 0 spiro atoms. The molecule has 2 amide bonds. The average molecular weight is 369 g/mol. The van der Waals surface area contributed by atoms with Gasteiger partial charge in [0.05, 0.1) is 10.7 Å². The quantitative estimate of drug-likeness (QED) is 0.708. The van der Waals surface area contributed by atoms with Crippen LogP contribution in [0, 0.1) is 0 Å². The lowest BCUT2D eigenvalue weighted by atomic mass is 10.0. The molecule has 0 bridgehead atoms. The summed E-state index contributed by atoms with van der Waals surface area (Å²) in [5.41, 5.74) is -4.66. The number of hydrogen-bond acceptors (Lipinski definition) is 1. The van der Waals surface area contributed by atoms with Gasteiger partial charge in [-0.15, -0.1) is 0 Å². The van der Waals surface area contributed by atoms with Crippen molar-refractivity contribution in [1.29, 1.82) is 0 Å². The van der Waals surface area contributed by atoms with E-state index in [0.29, 0.717) is 0 Å². The van der Waals surface area contributed by atoms with Crippen molar-refractivity contribution in [2.24, 2.45) is 0 Å². The zero-order valence-corrected chi connectivity index (χ0v) is 12.2. The van der Waals surface area contributed by atoms with Crippen LogP contribution in [-0.4, -0.2) is 23.9 Å². The Morgan fingerprint density at radius 2 is 1.55 bits per heavy atom. The highest BCUT2D eigenvalue weighted by Gasteiger charge is 2.68. The van der Waals surface area contributed by atoms with E-state index in [2.05, 4.69) is 0 Å². The van der Waals surface area contributed by atoms with E-state index in [1.807, 2.05) is 0 Å². The third-order valence-corrected chi connectivity index (χ3v) is 3.24. The fourth-order valence-electron chi connectivity index (χ4n) is 1.28. The molecule has 0 aromatic heterocycles. The molecule has 0 saturated heterocycles. The average Bonchev–Trinajstić information content (AvgIpc) is 2.30. The minimum atomic E-state index is -5.75. The Hall–Kier alpha value is -1.35. The zero-order chi connectivity index (χ0) is 17.3. The number of amides is 2. The van der Waals surface area contributed by atoms with Crippen molar-refractivity contribution in [2.45, 2.75) is 24.8 Å². The van der Waals surface area contributed by atoms with Gasteiger partial charge in [-0.25, -0.2) is 4.79 Å². The van der Waals surface area contributed by atoms with Gasteiger partial charge < -0.3 is 10.6 Å². The highest BCUT2D eigenvalue weighted by molar-refractivity contribution is 6.35. The number of benzene rings is 1. The van der Waals surface area contributed by atoms with E-state index >= 15 is 0 Å². The van der Waals surface area contributed by atoms with Crippen LogP contribution >= 0.6 is 23.2 Å². The van der Waals surface area contributed by atoms with Crippen molar-refractivity contribution in [2.75, 3.05) is 5.32 Å². The number of carbonyl (C=O) groups is 1. The summed E-state index contributed by atoms with van der Waals surface area (Å²) < 4.78 is 75.8. The molecule has 0 aliphatic heterocycles. The maximum absolute atomic E-state index is 12.6. The van der Waals surface area contributed by atoms with Crippen LogP contribution in [0.25, 0.3) is 0 Å². The third-order valence-electron chi connectivity index (χ3n) is 2.67. The molecule has 2 N–H and O–H groups in total. The first-order valence-electron chi connectivity index (χ1n) is 5.45. The Labute approximate surface area is 130 Å². The molecule has 124 valence electrons. The first-order chi connectivity index (χ1) is 9.78. The van der Waals surface area contributed by atoms with Crippen LogP contribution in [-0.2, 0) is 0 Å². The van der Waals surface area contributed by atoms with Crippen LogP contribution in [0.5, 0.6) is 0 Å². The molecule has 0 aliphatic carbocycles. The number of halogens is 8. The predicted octanol–water partition coefficient (Wildman–Crippen LogP) is 5.00. The first kappa shape index (κ1) is 18.7. The Morgan fingerprint density at radius 1 is 1.05 bits per heavy atom. The molecule has 1 aromatic carbocycles. The van der Waals surface area contributed by atoms with Gasteiger partial charge in [0, 0.05) is 5.02 Å². The summed E-state index contributed by atoms with van der Waals surface area (Å²) in [5.74, 6) is 0. The van der Waals surface area contributed by atoms with Crippen molar-refractivity contribution < 1.29 is 31.1 Å². The van der Waals surface area contributed by atoms with Gasteiger partial charge in [-0.3, -0.25) is 0 Å². The van der Waals surface area contributed by atoms with E-state index in [1.165, 1.54) is 12.1 Å². The summed E-state index contributed by atoms with van der Waals surface area (Å²) in [6.07, 6.45) is -11.5. The Morgan fingerprint density at radius 3 is 2.00 bits per heavy atom. The van der Waals surface area contributed by atoms with Crippen LogP contribution in [0.3, 0.4) is 0 Å². The standard InChI is InChI=1S/C11H8Cl2F6N2O/c1-9(10(14,15)16,11(17,18)19)21-8(22)20-7-4-5(12)2-3-6(7)13/h2-4H,1H3,(H2,20,21,22). The van der Waals surface area contributed by atoms with Gasteiger partial charge in [-0.1, -0.05) is 23.2 Å². The summed E-state index contributed by atoms with van der Waals surface area (Å²) in [5, 5.41) is 2.62.